The van der Waals surface area contributed by atoms with Crippen molar-refractivity contribution in [2.45, 2.75) is 52.0 Å². The van der Waals surface area contributed by atoms with Crippen molar-refractivity contribution >= 4 is 5.96 Å². The molecule has 1 heterocycles. The Morgan fingerprint density at radius 1 is 1.32 bits per heavy atom. The third kappa shape index (κ3) is 7.25. The topological polar surface area (TPSA) is 76.4 Å². The molecule has 0 saturated carbocycles. The Morgan fingerprint density at radius 3 is 2.96 bits per heavy atom. The summed E-state index contributed by atoms with van der Waals surface area (Å²) in [4.78, 5) is 4.57. The number of aliphatic imine (C=N–C) groups is 1. The molecule has 0 aromatic carbocycles. The lowest BCUT2D eigenvalue weighted by atomic mass is 9.97. The Kier molecular flexibility index (Phi) is 9.04. The normalized spacial score (nSPS) is 15.1. The van der Waals surface area contributed by atoms with E-state index in [0.717, 1.165) is 44.3 Å². The third-order valence-corrected chi connectivity index (χ3v) is 4.35. The number of hydrogen-bond donors (Lipinski definition) is 2. The van der Waals surface area contributed by atoms with Gasteiger partial charge < -0.3 is 19.9 Å². The smallest absolute Gasteiger partial charge is 0.191 e. The fraction of sp³-hybridized carbons (Fsp3) is 0.722. The fourth-order valence-corrected chi connectivity index (χ4v) is 2.93. The van der Waals surface area contributed by atoms with Crippen molar-refractivity contribution in [3.05, 3.63) is 23.8 Å². The number of methoxy groups -OCH3 is 1. The molecule has 0 fully saturated rings. The summed E-state index contributed by atoms with van der Waals surface area (Å²) >= 11 is 0. The van der Waals surface area contributed by atoms with Gasteiger partial charge in [-0.25, -0.2) is 0 Å². The van der Waals surface area contributed by atoms with Crippen molar-refractivity contribution in [1.29, 1.82) is 0 Å². The van der Waals surface area contributed by atoms with Gasteiger partial charge in [-0.3, -0.25) is 4.99 Å². The van der Waals surface area contributed by atoms with E-state index in [0.29, 0.717) is 13.2 Å². The maximum Gasteiger partial charge on any atom is 0.191 e. The van der Waals surface area contributed by atoms with Gasteiger partial charge in [0.1, 0.15) is 12.2 Å². The van der Waals surface area contributed by atoms with Crippen LogP contribution in [0.5, 0.6) is 0 Å². The quantitative estimate of drug-likeness (QED) is 0.292. The van der Waals surface area contributed by atoms with Crippen molar-refractivity contribution < 1.29 is 4.74 Å². The van der Waals surface area contributed by atoms with Crippen LogP contribution in [0.25, 0.3) is 0 Å². The Labute approximate surface area is 151 Å². The predicted octanol–water partition coefficient (Wildman–Crippen LogP) is 1.91. The Morgan fingerprint density at radius 2 is 2.20 bits per heavy atom. The van der Waals surface area contributed by atoms with Crippen LogP contribution >= 0.6 is 0 Å². The molecular weight excluding hydrogens is 316 g/mol. The Bertz CT molecular complexity index is 552. The van der Waals surface area contributed by atoms with Crippen molar-refractivity contribution in [1.82, 2.24) is 25.4 Å². The van der Waals surface area contributed by atoms with E-state index in [1.165, 1.54) is 25.7 Å². The third-order valence-electron chi connectivity index (χ3n) is 4.35. The van der Waals surface area contributed by atoms with Gasteiger partial charge in [0.15, 0.2) is 5.96 Å². The summed E-state index contributed by atoms with van der Waals surface area (Å²) in [5, 5.41) is 14.9. The molecule has 140 valence electrons. The fourth-order valence-electron chi connectivity index (χ4n) is 2.93. The molecule has 7 nitrogen and oxygen atoms in total. The summed E-state index contributed by atoms with van der Waals surface area (Å²) in [6, 6.07) is 0. The van der Waals surface area contributed by atoms with Crippen LogP contribution in [0, 0.1) is 0 Å². The summed E-state index contributed by atoms with van der Waals surface area (Å²) < 4.78 is 7.17. The minimum Gasteiger partial charge on any atom is -0.383 e. The van der Waals surface area contributed by atoms with Crippen molar-refractivity contribution in [3.63, 3.8) is 0 Å². The standard InChI is InChI=1S/C18H32N6O/c1-3-17-23-22-15-24(17)13-11-20-18(21-12-14-25-2)19-10-9-16-7-5-4-6-8-16/h7,15H,3-6,8-14H2,1-2H3,(H2,19,20,21). The molecular formula is C18H32N6O. The molecule has 0 spiro atoms. The summed E-state index contributed by atoms with van der Waals surface area (Å²) in [5.41, 5.74) is 1.58. The van der Waals surface area contributed by atoms with Crippen LogP contribution in [-0.4, -0.2) is 54.1 Å². The highest BCUT2D eigenvalue weighted by atomic mass is 16.5. The van der Waals surface area contributed by atoms with Crippen molar-refractivity contribution in [3.8, 4) is 0 Å². The first-order valence-corrected chi connectivity index (χ1v) is 9.39. The van der Waals surface area contributed by atoms with Crippen LogP contribution in [0.15, 0.2) is 23.0 Å². The van der Waals surface area contributed by atoms with Gasteiger partial charge in [-0.1, -0.05) is 18.6 Å². The number of allylic oxidation sites excluding steroid dienone is 1. The number of aryl methyl sites for hydroxylation is 1. The number of hydrogen-bond acceptors (Lipinski definition) is 4. The van der Waals surface area contributed by atoms with Gasteiger partial charge in [0.2, 0.25) is 0 Å². The molecule has 1 aromatic rings. The number of ether oxygens (including phenoxy) is 1. The first-order valence-electron chi connectivity index (χ1n) is 9.39. The second-order valence-electron chi connectivity index (χ2n) is 6.23. The van der Waals surface area contributed by atoms with Crippen LogP contribution < -0.4 is 10.6 Å². The first kappa shape index (κ1) is 19.4. The summed E-state index contributed by atoms with van der Waals surface area (Å²) in [6.45, 7) is 5.90. The van der Waals surface area contributed by atoms with Gasteiger partial charge >= 0.3 is 0 Å². The van der Waals surface area contributed by atoms with Crippen LogP contribution in [0.1, 0.15) is 44.9 Å². The van der Waals surface area contributed by atoms with E-state index >= 15 is 0 Å². The van der Waals surface area contributed by atoms with Crippen LogP contribution in [0.4, 0.5) is 0 Å². The molecule has 1 aliphatic carbocycles. The average Bonchev–Trinajstić information content (AvgIpc) is 3.10. The summed E-state index contributed by atoms with van der Waals surface area (Å²) in [6.07, 6.45) is 11.3. The van der Waals surface area contributed by atoms with Crippen molar-refractivity contribution in [2.24, 2.45) is 4.99 Å². The maximum atomic E-state index is 5.09. The highest BCUT2D eigenvalue weighted by molar-refractivity contribution is 5.79. The largest absolute Gasteiger partial charge is 0.383 e. The monoisotopic (exact) mass is 348 g/mol. The molecule has 1 aromatic heterocycles. The summed E-state index contributed by atoms with van der Waals surface area (Å²) in [7, 11) is 1.70. The van der Waals surface area contributed by atoms with Gasteiger partial charge in [-0.15, -0.1) is 10.2 Å². The Balaban J connectivity index is 1.76. The zero-order valence-electron chi connectivity index (χ0n) is 15.6. The minimum atomic E-state index is 0.628. The molecule has 1 aliphatic rings. The molecule has 0 bridgehead atoms. The second-order valence-corrected chi connectivity index (χ2v) is 6.23. The maximum absolute atomic E-state index is 5.09. The Hall–Kier alpha value is -1.89. The van der Waals surface area contributed by atoms with Crippen LogP contribution in [0.2, 0.25) is 0 Å². The highest BCUT2D eigenvalue weighted by Crippen LogP contribution is 2.19. The predicted molar refractivity (Wildman–Crippen MR) is 101 cm³/mol. The molecule has 0 radical (unpaired) electrons. The zero-order chi connectivity index (χ0) is 17.7. The molecule has 7 heteroatoms. The molecule has 0 unspecified atom stereocenters. The number of guanidine groups is 1. The van der Waals surface area contributed by atoms with Crippen molar-refractivity contribution in [2.75, 3.05) is 33.4 Å². The molecule has 2 rings (SSSR count). The van der Waals surface area contributed by atoms with Gasteiger partial charge in [0, 0.05) is 33.2 Å². The SMILES string of the molecule is CCc1nncn1CCNC(=NCCOC)NCCC1=CCCCC1. The zero-order valence-corrected chi connectivity index (χ0v) is 15.6. The number of aromatic nitrogens is 3. The number of nitrogens with one attached hydrogen (secondary N) is 2. The minimum absolute atomic E-state index is 0.628. The van der Waals surface area contributed by atoms with Crippen LogP contribution in [0.3, 0.4) is 0 Å². The highest BCUT2D eigenvalue weighted by Gasteiger charge is 2.05. The van der Waals surface area contributed by atoms with Crippen LogP contribution in [-0.2, 0) is 17.7 Å². The van der Waals surface area contributed by atoms with Gasteiger partial charge in [0.05, 0.1) is 13.2 Å². The van der Waals surface area contributed by atoms with E-state index in [9.17, 15) is 0 Å². The van der Waals surface area contributed by atoms with E-state index in [4.69, 9.17) is 4.74 Å². The molecule has 2 N–H and O–H groups in total. The average molecular weight is 348 g/mol. The van der Waals surface area contributed by atoms with Gasteiger partial charge in [-0.05, 0) is 32.1 Å². The van der Waals surface area contributed by atoms with E-state index in [1.807, 2.05) is 0 Å². The number of rotatable bonds is 10. The van der Waals surface area contributed by atoms with Gasteiger partial charge in [-0.2, -0.15) is 0 Å². The molecule has 0 amide bonds. The van der Waals surface area contributed by atoms with E-state index in [2.05, 4.69) is 43.4 Å². The molecule has 25 heavy (non-hydrogen) atoms. The lowest BCUT2D eigenvalue weighted by molar-refractivity contribution is 0.208. The lowest BCUT2D eigenvalue weighted by Gasteiger charge is -2.16. The molecule has 0 atom stereocenters. The van der Waals surface area contributed by atoms with E-state index in [1.54, 1.807) is 19.0 Å². The summed E-state index contributed by atoms with van der Waals surface area (Å²) in [5.74, 6) is 1.86. The van der Waals surface area contributed by atoms with E-state index < -0.39 is 0 Å². The number of nitrogens with zero attached hydrogens (tertiary/aromatic N) is 4. The van der Waals surface area contributed by atoms with E-state index in [-0.39, 0.29) is 0 Å². The lowest BCUT2D eigenvalue weighted by Crippen LogP contribution is -2.40. The second kappa shape index (κ2) is 11.6. The molecule has 0 saturated heterocycles. The first-order chi connectivity index (χ1) is 12.3. The molecule has 0 aliphatic heterocycles. The van der Waals surface area contributed by atoms with Gasteiger partial charge in [0.25, 0.3) is 0 Å².